The minimum atomic E-state index is -0.341. The molecule has 3 heterocycles. The molecule has 27 heavy (non-hydrogen) atoms. The van der Waals surface area contributed by atoms with Crippen molar-refractivity contribution in [3.05, 3.63) is 52.5 Å². The minimum absolute atomic E-state index is 0.115. The van der Waals surface area contributed by atoms with Crippen LogP contribution in [0.15, 0.2) is 35.4 Å². The highest BCUT2D eigenvalue weighted by Gasteiger charge is 2.20. The fourth-order valence-electron chi connectivity index (χ4n) is 2.92. The zero-order chi connectivity index (χ0) is 19.0. The molecule has 0 unspecified atom stereocenters. The quantitative estimate of drug-likeness (QED) is 0.526. The summed E-state index contributed by atoms with van der Waals surface area (Å²) in [6.45, 7) is 0.633. The Kier molecular flexibility index (Phi) is 4.58. The Bertz CT molecular complexity index is 1190. The molecule has 0 saturated heterocycles. The molecule has 0 spiro atoms. The van der Waals surface area contributed by atoms with Crippen LogP contribution in [-0.2, 0) is 17.9 Å². The molecule has 0 saturated carbocycles. The summed E-state index contributed by atoms with van der Waals surface area (Å²) in [5.74, 6) is 0.156. The van der Waals surface area contributed by atoms with Gasteiger partial charge in [-0.1, -0.05) is 12.1 Å². The predicted octanol–water partition coefficient (Wildman–Crippen LogP) is 1.72. The third-order valence-corrected chi connectivity index (χ3v) is 4.33. The molecule has 0 amide bonds. The topological polar surface area (TPSA) is 87.2 Å². The lowest BCUT2D eigenvalue weighted by atomic mass is 10.1. The third kappa shape index (κ3) is 2.96. The summed E-state index contributed by atoms with van der Waals surface area (Å²) >= 11 is 4.14. The van der Waals surface area contributed by atoms with Gasteiger partial charge >= 0.3 is 0 Å². The molecule has 4 aromatic rings. The van der Waals surface area contributed by atoms with Crippen molar-refractivity contribution in [3.63, 3.8) is 0 Å². The molecule has 0 aliphatic heterocycles. The number of rotatable bonds is 5. The molecule has 8 nitrogen and oxygen atoms in total. The predicted molar refractivity (Wildman–Crippen MR) is 100 cm³/mol. The van der Waals surface area contributed by atoms with Crippen LogP contribution in [0.5, 0.6) is 0 Å². The van der Waals surface area contributed by atoms with Crippen molar-refractivity contribution in [2.75, 3.05) is 12.9 Å². The van der Waals surface area contributed by atoms with Crippen LogP contribution in [-0.4, -0.2) is 42.2 Å². The van der Waals surface area contributed by atoms with Crippen LogP contribution in [0, 0.1) is 5.82 Å². The van der Waals surface area contributed by atoms with Gasteiger partial charge in [-0.05, 0) is 17.7 Å². The number of thiol groups is 1. The summed E-state index contributed by atoms with van der Waals surface area (Å²) in [5.41, 5.74) is 2.49. The summed E-state index contributed by atoms with van der Waals surface area (Å²) in [4.78, 5) is 16.9. The van der Waals surface area contributed by atoms with Gasteiger partial charge < -0.3 is 4.74 Å². The van der Waals surface area contributed by atoms with E-state index in [4.69, 9.17) is 4.74 Å². The average Bonchev–Trinajstić information content (AvgIpc) is 3.03. The first-order valence-electron chi connectivity index (χ1n) is 8.13. The van der Waals surface area contributed by atoms with Crippen molar-refractivity contribution in [3.8, 4) is 11.1 Å². The molecule has 0 fully saturated rings. The van der Waals surface area contributed by atoms with E-state index in [9.17, 15) is 9.18 Å². The number of methoxy groups -OCH3 is 1. The zero-order valence-electron chi connectivity index (χ0n) is 14.3. The van der Waals surface area contributed by atoms with E-state index in [1.54, 1.807) is 19.2 Å². The lowest BCUT2D eigenvalue weighted by Crippen LogP contribution is -2.23. The molecule has 0 aliphatic rings. The lowest BCUT2D eigenvalue weighted by Gasteiger charge is -2.05. The number of ether oxygens (including phenoxy) is 1. The average molecular weight is 386 g/mol. The van der Waals surface area contributed by atoms with Gasteiger partial charge in [-0.25, -0.2) is 9.37 Å². The van der Waals surface area contributed by atoms with Crippen molar-refractivity contribution in [1.29, 1.82) is 0 Å². The van der Waals surface area contributed by atoms with Crippen LogP contribution in [0.2, 0.25) is 0 Å². The second kappa shape index (κ2) is 7.05. The molecule has 3 aromatic heterocycles. The Morgan fingerprint density at radius 1 is 1.19 bits per heavy atom. The van der Waals surface area contributed by atoms with Crippen LogP contribution < -0.4 is 5.56 Å². The van der Waals surface area contributed by atoms with E-state index in [1.807, 2.05) is 0 Å². The maximum Gasteiger partial charge on any atom is 0.283 e. The van der Waals surface area contributed by atoms with Crippen molar-refractivity contribution < 1.29 is 9.13 Å². The van der Waals surface area contributed by atoms with Crippen molar-refractivity contribution >= 4 is 29.4 Å². The fraction of sp³-hybridized carbons (Fsp3) is 0.235. The first-order valence-corrected chi connectivity index (χ1v) is 8.76. The second-order valence-electron chi connectivity index (χ2n) is 5.84. The Morgan fingerprint density at radius 3 is 2.67 bits per heavy atom. The van der Waals surface area contributed by atoms with Crippen LogP contribution in [0.1, 0.15) is 5.69 Å². The van der Waals surface area contributed by atoms with E-state index in [0.29, 0.717) is 34.8 Å². The molecule has 0 atom stereocenters. The van der Waals surface area contributed by atoms with Crippen LogP contribution >= 0.6 is 12.6 Å². The van der Waals surface area contributed by atoms with E-state index in [-0.39, 0.29) is 23.5 Å². The zero-order valence-corrected chi connectivity index (χ0v) is 15.2. The highest BCUT2D eigenvalue weighted by atomic mass is 32.1. The molecule has 1 aromatic carbocycles. The summed E-state index contributed by atoms with van der Waals surface area (Å²) in [6, 6.07) is 5.99. The van der Waals surface area contributed by atoms with Gasteiger partial charge in [-0.3, -0.25) is 9.36 Å². The summed E-state index contributed by atoms with van der Waals surface area (Å²) < 4.78 is 21.5. The molecular weight excluding hydrogens is 371 g/mol. The van der Waals surface area contributed by atoms with Crippen LogP contribution in [0.4, 0.5) is 4.39 Å². The highest BCUT2D eigenvalue weighted by Crippen LogP contribution is 2.28. The Hall–Kier alpha value is -2.85. The molecule has 0 radical (unpaired) electrons. The summed E-state index contributed by atoms with van der Waals surface area (Å²) in [6.07, 6.45) is 1.44. The molecule has 0 N–H and O–H groups in total. The van der Waals surface area contributed by atoms with Gasteiger partial charge in [-0.2, -0.15) is 22.2 Å². The Morgan fingerprint density at radius 2 is 1.96 bits per heavy atom. The first kappa shape index (κ1) is 17.6. The normalized spacial score (nSPS) is 11.5. The van der Waals surface area contributed by atoms with Crippen molar-refractivity contribution in [2.24, 2.45) is 0 Å². The summed E-state index contributed by atoms with van der Waals surface area (Å²) in [7, 11) is 1.55. The maximum absolute atomic E-state index is 13.3. The van der Waals surface area contributed by atoms with Crippen molar-refractivity contribution in [2.45, 2.75) is 13.2 Å². The number of halogens is 1. The number of aryl methyl sites for hydroxylation is 1. The van der Waals surface area contributed by atoms with Crippen LogP contribution in [0.3, 0.4) is 0 Å². The number of benzene rings is 1. The van der Waals surface area contributed by atoms with Gasteiger partial charge in [0, 0.05) is 19.4 Å². The van der Waals surface area contributed by atoms with Gasteiger partial charge in [0.15, 0.2) is 16.8 Å². The first-order chi connectivity index (χ1) is 13.1. The standard InChI is InChI=1S/C17H15FN6O2S/c1-26-8-12-13(10-2-4-11(18)5-3-10)15-21-20-14-16(24(15)22-12)19-9-23(6-7-27)17(14)25/h2-5,9,27H,6-8H2,1H3. The molecule has 10 heteroatoms. The SMILES string of the molecule is COCc1nn2c(nnc3c(=O)n(CCS)cnc32)c1-c1ccc(F)cc1. The molecular formula is C17H15FN6O2S. The number of hydrogen-bond donors (Lipinski definition) is 1. The van der Waals surface area contributed by atoms with Crippen molar-refractivity contribution in [1.82, 2.24) is 29.4 Å². The van der Waals surface area contributed by atoms with E-state index in [2.05, 4.69) is 32.9 Å². The number of nitrogens with zero attached hydrogens (tertiary/aromatic N) is 6. The highest BCUT2D eigenvalue weighted by molar-refractivity contribution is 7.80. The largest absolute Gasteiger partial charge is 0.378 e. The number of hydrogen-bond acceptors (Lipinski definition) is 7. The molecule has 0 bridgehead atoms. The monoisotopic (exact) mass is 386 g/mol. The maximum atomic E-state index is 13.3. The second-order valence-corrected chi connectivity index (χ2v) is 6.28. The number of fused-ring (bicyclic) bond motifs is 3. The van der Waals surface area contributed by atoms with E-state index >= 15 is 0 Å². The number of aromatic nitrogens is 6. The Balaban J connectivity index is 2.02. The van der Waals surface area contributed by atoms with E-state index < -0.39 is 0 Å². The van der Waals surface area contributed by atoms with Crippen LogP contribution in [0.25, 0.3) is 27.9 Å². The molecule has 4 rings (SSSR count). The van der Waals surface area contributed by atoms with Gasteiger partial charge in [0.1, 0.15) is 12.1 Å². The smallest absolute Gasteiger partial charge is 0.283 e. The van der Waals surface area contributed by atoms with E-state index in [0.717, 1.165) is 5.56 Å². The summed E-state index contributed by atoms with van der Waals surface area (Å²) in [5, 5.41) is 12.8. The fourth-order valence-corrected chi connectivity index (χ4v) is 3.14. The Labute approximate surface area is 158 Å². The van der Waals surface area contributed by atoms with E-state index in [1.165, 1.54) is 27.5 Å². The molecule has 138 valence electrons. The van der Waals surface area contributed by atoms with Gasteiger partial charge in [0.2, 0.25) is 0 Å². The molecule has 0 aliphatic carbocycles. The van der Waals surface area contributed by atoms with Gasteiger partial charge in [0.25, 0.3) is 5.56 Å². The van der Waals surface area contributed by atoms with Gasteiger partial charge in [0.05, 0.1) is 17.9 Å². The third-order valence-electron chi connectivity index (χ3n) is 4.13. The minimum Gasteiger partial charge on any atom is -0.378 e. The lowest BCUT2D eigenvalue weighted by molar-refractivity contribution is 0.181. The van der Waals surface area contributed by atoms with Gasteiger partial charge in [-0.15, -0.1) is 10.2 Å².